The van der Waals surface area contributed by atoms with Crippen LogP contribution in [0.1, 0.15) is 53.9 Å². The molecule has 0 amide bonds. The summed E-state index contributed by atoms with van der Waals surface area (Å²) in [6, 6.07) is 10.5. The number of sulfonamides is 1. The van der Waals surface area contributed by atoms with Gasteiger partial charge in [-0.1, -0.05) is 12.1 Å². The Morgan fingerprint density at radius 2 is 1.73 bits per heavy atom. The number of piperazine rings is 1. The fraction of sp³-hybridized carbons (Fsp3) is 0.448. The molecule has 40 heavy (non-hydrogen) atoms. The summed E-state index contributed by atoms with van der Waals surface area (Å²) >= 11 is 0. The largest absolute Gasteiger partial charge is 0.496 e. The monoisotopic (exact) mass is 571 g/mol. The van der Waals surface area contributed by atoms with Gasteiger partial charge in [0.05, 0.1) is 31.6 Å². The van der Waals surface area contributed by atoms with Crippen molar-refractivity contribution in [2.75, 3.05) is 40.1 Å². The number of hydrogen-bond acceptors (Lipinski definition) is 8. The van der Waals surface area contributed by atoms with Gasteiger partial charge in [-0.25, -0.2) is 18.0 Å². The number of methoxy groups -OCH3 is 2. The highest BCUT2D eigenvalue weighted by molar-refractivity contribution is 7.88. The van der Waals surface area contributed by atoms with Crippen LogP contribution in [-0.2, 0) is 26.0 Å². The first-order valence-corrected chi connectivity index (χ1v) is 14.9. The Balaban J connectivity index is 1.76. The third kappa shape index (κ3) is 6.16. The van der Waals surface area contributed by atoms with E-state index in [1.54, 1.807) is 25.4 Å². The number of carbonyl (C=O) groups excluding carboxylic acids is 2. The van der Waals surface area contributed by atoms with Gasteiger partial charge in [-0.3, -0.25) is 9.47 Å². The molecule has 4 rings (SSSR count). The average Bonchev–Trinajstić information content (AvgIpc) is 3.34. The van der Waals surface area contributed by atoms with E-state index in [0.717, 1.165) is 27.6 Å². The third-order valence-corrected chi connectivity index (χ3v) is 8.31. The Kier molecular flexibility index (Phi) is 8.30. The van der Waals surface area contributed by atoms with E-state index in [4.69, 9.17) is 14.2 Å². The van der Waals surface area contributed by atoms with Crippen molar-refractivity contribution in [3.05, 3.63) is 64.8 Å². The molecule has 1 aliphatic rings. The number of nitrogens with zero attached hydrogens (tertiary/aromatic N) is 3. The zero-order valence-corrected chi connectivity index (χ0v) is 24.9. The predicted molar refractivity (Wildman–Crippen MR) is 152 cm³/mol. The smallest absolute Gasteiger partial charge is 0.419 e. The molecule has 0 N–H and O–H groups in total. The summed E-state index contributed by atoms with van der Waals surface area (Å²) in [5, 5.41) is 0.855. The molecule has 216 valence electrons. The van der Waals surface area contributed by atoms with E-state index in [1.807, 2.05) is 52.0 Å². The zero-order chi connectivity index (χ0) is 29.4. The normalized spacial score (nSPS) is 17.1. The van der Waals surface area contributed by atoms with Gasteiger partial charge in [-0.15, -0.1) is 0 Å². The summed E-state index contributed by atoms with van der Waals surface area (Å²) in [5.41, 5.74) is 3.12. The molecule has 2 heterocycles. The lowest BCUT2D eigenvalue weighted by atomic mass is 9.99. The van der Waals surface area contributed by atoms with E-state index in [2.05, 4.69) is 4.90 Å². The number of ether oxygens (including phenoxy) is 3. The molecule has 1 aromatic heterocycles. The van der Waals surface area contributed by atoms with E-state index in [0.29, 0.717) is 30.9 Å². The maximum atomic E-state index is 13.0. The number of fused-ring (bicyclic) bond motifs is 1. The average molecular weight is 572 g/mol. The lowest BCUT2D eigenvalue weighted by Crippen LogP contribution is -2.49. The molecule has 0 bridgehead atoms. The molecule has 1 aliphatic heterocycles. The number of rotatable bonds is 6. The molecule has 3 aromatic rings. The molecule has 1 fully saturated rings. The van der Waals surface area contributed by atoms with Crippen molar-refractivity contribution in [2.45, 2.75) is 45.9 Å². The third-order valence-electron chi connectivity index (χ3n) is 7.04. The number of benzene rings is 2. The van der Waals surface area contributed by atoms with Crippen LogP contribution in [0.5, 0.6) is 5.75 Å². The van der Waals surface area contributed by atoms with Crippen molar-refractivity contribution in [3.63, 3.8) is 0 Å². The Labute approximate surface area is 235 Å². The van der Waals surface area contributed by atoms with Gasteiger partial charge in [0, 0.05) is 49.4 Å². The summed E-state index contributed by atoms with van der Waals surface area (Å²) in [4.78, 5) is 27.2. The van der Waals surface area contributed by atoms with E-state index in [1.165, 1.54) is 22.2 Å². The second-order valence-corrected chi connectivity index (χ2v) is 13.0. The van der Waals surface area contributed by atoms with E-state index < -0.39 is 27.7 Å². The number of esters is 1. The van der Waals surface area contributed by atoms with Crippen molar-refractivity contribution in [3.8, 4) is 5.75 Å². The van der Waals surface area contributed by atoms with Crippen molar-refractivity contribution in [2.24, 2.45) is 0 Å². The Hall–Kier alpha value is -3.41. The first-order valence-electron chi connectivity index (χ1n) is 13.0. The lowest BCUT2D eigenvalue weighted by Gasteiger charge is -2.41. The van der Waals surface area contributed by atoms with Crippen LogP contribution < -0.4 is 4.74 Å². The number of carbonyl (C=O) groups is 2. The molecule has 2 aromatic carbocycles. The summed E-state index contributed by atoms with van der Waals surface area (Å²) < 4.78 is 44.2. The van der Waals surface area contributed by atoms with Crippen LogP contribution in [-0.4, -0.2) is 80.0 Å². The van der Waals surface area contributed by atoms with E-state index in [9.17, 15) is 18.0 Å². The molecular formula is C29H37N3O7S. The molecule has 0 spiro atoms. The number of aromatic nitrogens is 1. The van der Waals surface area contributed by atoms with Crippen LogP contribution in [0.15, 0.2) is 42.6 Å². The second kappa shape index (κ2) is 11.2. The first-order chi connectivity index (χ1) is 18.7. The minimum absolute atomic E-state index is 0.257. The number of hydrogen-bond donors (Lipinski definition) is 0. The fourth-order valence-corrected chi connectivity index (χ4v) is 5.96. The molecule has 0 radical (unpaired) electrons. The van der Waals surface area contributed by atoms with Gasteiger partial charge in [-0.05, 0) is 63.1 Å². The fourth-order valence-electron chi connectivity index (χ4n) is 5.14. The molecule has 1 atom stereocenters. The Bertz CT molecular complexity index is 1520. The molecule has 1 unspecified atom stereocenters. The lowest BCUT2D eigenvalue weighted by molar-refractivity contribution is 0.0542. The molecule has 1 saturated heterocycles. The van der Waals surface area contributed by atoms with Crippen LogP contribution in [0.2, 0.25) is 0 Å². The van der Waals surface area contributed by atoms with Gasteiger partial charge in [0.25, 0.3) is 0 Å². The van der Waals surface area contributed by atoms with Crippen LogP contribution >= 0.6 is 0 Å². The molecule has 0 saturated carbocycles. The minimum Gasteiger partial charge on any atom is -0.496 e. The highest BCUT2D eigenvalue weighted by Crippen LogP contribution is 2.36. The highest BCUT2D eigenvalue weighted by atomic mass is 32.2. The summed E-state index contributed by atoms with van der Waals surface area (Å²) in [7, 11) is -0.471. The quantitative estimate of drug-likeness (QED) is 0.402. The van der Waals surface area contributed by atoms with Crippen LogP contribution in [0.25, 0.3) is 10.9 Å². The highest BCUT2D eigenvalue weighted by Gasteiger charge is 2.34. The van der Waals surface area contributed by atoms with Crippen LogP contribution in [0, 0.1) is 6.92 Å². The molecular weight excluding hydrogens is 534 g/mol. The van der Waals surface area contributed by atoms with Gasteiger partial charge in [0.15, 0.2) is 0 Å². The van der Waals surface area contributed by atoms with Crippen LogP contribution in [0.3, 0.4) is 0 Å². The topological polar surface area (TPSA) is 107 Å². The first kappa shape index (κ1) is 29.6. The predicted octanol–water partition coefficient (Wildman–Crippen LogP) is 4.35. The van der Waals surface area contributed by atoms with Gasteiger partial charge < -0.3 is 14.2 Å². The zero-order valence-electron chi connectivity index (χ0n) is 24.1. The summed E-state index contributed by atoms with van der Waals surface area (Å²) in [6.07, 6.45) is 2.46. The van der Waals surface area contributed by atoms with Crippen LogP contribution in [0.4, 0.5) is 4.79 Å². The van der Waals surface area contributed by atoms with E-state index in [-0.39, 0.29) is 12.6 Å². The van der Waals surface area contributed by atoms with Gasteiger partial charge in [0.2, 0.25) is 10.0 Å². The molecule has 0 aliphatic carbocycles. The number of aryl methyl sites for hydroxylation is 1. The minimum atomic E-state index is -3.41. The van der Waals surface area contributed by atoms with Gasteiger partial charge >= 0.3 is 12.1 Å². The van der Waals surface area contributed by atoms with Crippen molar-refractivity contribution in [1.29, 1.82) is 0 Å². The summed E-state index contributed by atoms with van der Waals surface area (Å²) in [6.45, 7) is 8.91. The Morgan fingerprint density at radius 3 is 2.30 bits per heavy atom. The summed E-state index contributed by atoms with van der Waals surface area (Å²) in [5.74, 6) is 0.239. The second-order valence-electron chi connectivity index (χ2n) is 11.0. The van der Waals surface area contributed by atoms with Gasteiger partial charge in [0.1, 0.15) is 11.4 Å². The maximum Gasteiger partial charge on any atom is 0.419 e. The van der Waals surface area contributed by atoms with E-state index >= 15 is 0 Å². The van der Waals surface area contributed by atoms with Crippen molar-refractivity contribution in [1.82, 2.24) is 13.8 Å². The van der Waals surface area contributed by atoms with Crippen molar-refractivity contribution >= 4 is 33.0 Å². The maximum absolute atomic E-state index is 13.0. The Morgan fingerprint density at radius 1 is 1.05 bits per heavy atom. The molecule has 10 nitrogen and oxygen atoms in total. The molecule has 11 heteroatoms. The SMILES string of the molecule is COC(=O)c1ccc(C2CN(S(C)(=O)=O)CCN2Cc2c(OC)cc(C)c3c2ccn3C(=O)OC(C)(C)C)cc1. The van der Waals surface area contributed by atoms with Gasteiger partial charge in [-0.2, -0.15) is 4.31 Å². The standard InChI is InChI=1S/C29H37N3O7S/c1-19-16-25(37-5)23(22-12-13-32(26(19)22)28(34)39-29(2,3)4)17-30-14-15-31(40(7,35)36)18-24(30)20-8-10-21(11-9-20)27(33)38-6/h8-13,16,24H,14-15,17-18H2,1-7H3. The van der Waals surface area contributed by atoms with Crippen molar-refractivity contribution < 1.29 is 32.2 Å².